The number of carboxylic acid groups (broad SMARTS) is 1. The number of benzene rings is 1. The molecule has 1 heterocycles. The number of para-hydroxylation sites is 1. The first-order valence-electron chi connectivity index (χ1n) is 7.47. The number of rotatable bonds is 4. The Morgan fingerprint density at radius 3 is 2.57 bits per heavy atom. The molecule has 1 atom stereocenters. The molecule has 2 rings (SSSR count). The average Bonchev–Trinajstić information content (AvgIpc) is 2.75. The molecule has 0 aliphatic heterocycles. The molecule has 0 aliphatic rings. The molecule has 1 N–H and O–H groups in total. The maximum Gasteiger partial charge on any atom is 0.337 e. The molecule has 2 aromatic rings. The summed E-state index contributed by atoms with van der Waals surface area (Å²) in [6.45, 7) is 11.8. The normalized spacial score (nSPS) is 13.6. The Balaban J connectivity index is 2.57. The molecule has 1 aromatic carbocycles. The monoisotopic (exact) mass is 288 g/mol. The van der Waals surface area contributed by atoms with Crippen LogP contribution in [-0.4, -0.2) is 20.6 Å². The first kappa shape index (κ1) is 15.5. The summed E-state index contributed by atoms with van der Waals surface area (Å²) in [6, 6.07) is 5.38. The topological polar surface area (TPSA) is 55.1 Å². The van der Waals surface area contributed by atoms with Gasteiger partial charge in [-0.1, -0.05) is 40.7 Å². The van der Waals surface area contributed by atoms with Crippen LogP contribution >= 0.6 is 0 Å². The first-order chi connectivity index (χ1) is 9.75. The van der Waals surface area contributed by atoms with Crippen LogP contribution in [0.1, 0.15) is 50.8 Å². The molecule has 0 aliphatic carbocycles. The third-order valence-corrected chi connectivity index (χ3v) is 4.34. The van der Waals surface area contributed by atoms with Gasteiger partial charge < -0.3 is 9.67 Å². The highest BCUT2D eigenvalue weighted by molar-refractivity contribution is 6.01. The Kier molecular flexibility index (Phi) is 4.08. The van der Waals surface area contributed by atoms with Crippen molar-refractivity contribution in [3.8, 4) is 0 Å². The molecule has 21 heavy (non-hydrogen) atoms. The molecular weight excluding hydrogens is 264 g/mol. The van der Waals surface area contributed by atoms with Gasteiger partial charge in [0.15, 0.2) is 0 Å². The second-order valence-electron chi connectivity index (χ2n) is 6.74. The molecular formula is C17H24N2O2. The van der Waals surface area contributed by atoms with Crippen LogP contribution in [0.4, 0.5) is 0 Å². The predicted molar refractivity (Wildman–Crippen MR) is 84.7 cm³/mol. The minimum Gasteiger partial charge on any atom is -0.478 e. The molecule has 1 unspecified atom stereocenters. The second-order valence-corrected chi connectivity index (χ2v) is 6.74. The molecule has 0 fully saturated rings. The fraction of sp³-hybridized carbons (Fsp3) is 0.529. The number of aromatic carboxylic acids is 1. The Hall–Kier alpha value is -1.84. The lowest BCUT2D eigenvalue weighted by atomic mass is 9.82. The summed E-state index contributed by atoms with van der Waals surface area (Å²) < 4.78 is 2.18. The van der Waals surface area contributed by atoms with E-state index < -0.39 is 5.97 Å². The van der Waals surface area contributed by atoms with Gasteiger partial charge in [-0.15, -0.1) is 0 Å². The average molecular weight is 288 g/mol. The number of aryl methyl sites for hydroxylation is 1. The van der Waals surface area contributed by atoms with Gasteiger partial charge in [-0.05, 0) is 23.5 Å². The zero-order valence-electron chi connectivity index (χ0n) is 13.5. The number of hydrogen-bond donors (Lipinski definition) is 1. The highest BCUT2D eigenvalue weighted by Gasteiger charge is 2.23. The Labute approximate surface area is 125 Å². The third-order valence-electron chi connectivity index (χ3n) is 4.34. The fourth-order valence-electron chi connectivity index (χ4n) is 2.39. The van der Waals surface area contributed by atoms with Crippen molar-refractivity contribution in [1.29, 1.82) is 0 Å². The van der Waals surface area contributed by atoms with Crippen molar-refractivity contribution in [2.45, 2.75) is 47.6 Å². The Morgan fingerprint density at radius 1 is 1.38 bits per heavy atom. The lowest BCUT2D eigenvalue weighted by Crippen LogP contribution is -2.23. The maximum absolute atomic E-state index is 11.4. The van der Waals surface area contributed by atoms with Crippen molar-refractivity contribution in [3.05, 3.63) is 29.6 Å². The lowest BCUT2D eigenvalue weighted by Gasteiger charge is -2.28. The largest absolute Gasteiger partial charge is 0.478 e. The van der Waals surface area contributed by atoms with E-state index in [1.54, 1.807) is 12.1 Å². The van der Waals surface area contributed by atoms with E-state index >= 15 is 0 Å². The van der Waals surface area contributed by atoms with Gasteiger partial charge >= 0.3 is 5.97 Å². The zero-order valence-corrected chi connectivity index (χ0v) is 13.5. The van der Waals surface area contributed by atoms with Gasteiger partial charge in [0.1, 0.15) is 11.3 Å². The summed E-state index contributed by atoms with van der Waals surface area (Å²) >= 11 is 0. The van der Waals surface area contributed by atoms with Crippen LogP contribution in [0.2, 0.25) is 0 Å². The van der Waals surface area contributed by atoms with Gasteiger partial charge in [-0.2, -0.15) is 0 Å². The molecule has 0 amide bonds. The summed E-state index contributed by atoms with van der Waals surface area (Å²) in [5.41, 5.74) is 2.00. The number of nitrogens with zero attached hydrogens (tertiary/aromatic N) is 2. The maximum atomic E-state index is 11.4. The van der Waals surface area contributed by atoms with Crippen LogP contribution in [-0.2, 0) is 13.0 Å². The summed E-state index contributed by atoms with van der Waals surface area (Å²) in [4.78, 5) is 15.9. The smallest absolute Gasteiger partial charge is 0.337 e. The number of aromatic nitrogens is 2. The van der Waals surface area contributed by atoms with Crippen molar-refractivity contribution in [3.63, 3.8) is 0 Å². The van der Waals surface area contributed by atoms with Gasteiger partial charge in [0.05, 0.1) is 11.1 Å². The van der Waals surface area contributed by atoms with Crippen LogP contribution in [0.15, 0.2) is 18.2 Å². The number of carboxylic acids is 1. The SMILES string of the molecule is CCc1nc2c(C(=O)O)cccc2n1CC(C)C(C)(C)C. The quantitative estimate of drug-likeness (QED) is 0.925. The third kappa shape index (κ3) is 2.94. The molecule has 4 heteroatoms. The summed E-state index contributed by atoms with van der Waals surface area (Å²) in [6.07, 6.45) is 0.796. The molecule has 0 spiro atoms. The van der Waals surface area contributed by atoms with Gasteiger partial charge in [0.25, 0.3) is 0 Å². The van der Waals surface area contributed by atoms with Gasteiger partial charge in [-0.25, -0.2) is 9.78 Å². The molecule has 0 saturated carbocycles. The minimum absolute atomic E-state index is 0.200. The van der Waals surface area contributed by atoms with Gasteiger partial charge in [-0.3, -0.25) is 0 Å². The van der Waals surface area contributed by atoms with Crippen LogP contribution < -0.4 is 0 Å². The minimum atomic E-state index is -0.920. The van der Waals surface area contributed by atoms with Crippen molar-refractivity contribution in [2.24, 2.45) is 11.3 Å². The lowest BCUT2D eigenvalue weighted by molar-refractivity contribution is 0.0699. The van der Waals surface area contributed by atoms with E-state index in [2.05, 4.69) is 44.2 Å². The van der Waals surface area contributed by atoms with Crippen molar-refractivity contribution >= 4 is 17.0 Å². The first-order valence-corrected chi connectivity index (χ1v) is 7.47. The molecule has 0 bridgehead atoms. The highest BCUT2D eigenvalue weighted by Crippen LogP contribution is 2.29. The molecule has 1 aromatic heterocycles. The standard InChI is InChI=1S/C17H24N2O2/c1-6-14-18-15-12(16(20)21)8-7-9-13(15)19(14)10-11(2)17(3,4)5/h7-9,11H,6,10H2,1-5H3,(H,20,21). The highest BCUT2D eigenvalue weighted by atomic mass is 16.4. The number of carbonyl (C=O) groups is 1. The molecule has 0 radical (unpaired) electrons. The number of hydrogen-bond acceptors (Lipinski definition) is 2. The van der Waals surface area contributed by atoms with E-state index in [1.165, 1.54) is 0 Å². The van der Waals surface area contributed by atoms with Crippen LogP contribution in [0.5, 0.6) is 0 Å². The van der Waals surface area contributed by atoms with E-state index in [-0.39, 0.29) is 11.0 Å². The zero-order chi connectivity index (χ0) is 15.8. The Morgan fingerprint density at radius 2 is 2.05 bits per heavy atom. The Bertz CT molecular complexity index is 665. The van der Waals surface area contributed by atoms with Crippen LogP contribution in [0.3, 0.4) is 0 Å². The van der Waals surface area contributed by atoms with Crippen molar-refractivity contribution < 1.29 is 9.90 Å². The van der Waals surface area contributed by atoms with Crippen LogP contribution in [0.25, 0.3) is 11.0 Å². The predicted octanol–water partition coefficient (Wildman–Crippen LogP) is 3.98. The van der Waals surface area contributed by atoms with Crippen molar-refractivity contribution in [1.82, 2.24) is 9.55 Å². The number of imidazole rings is 1. The van der Waals surface area contributed by atoms with Gasteiger partial charge in [0.2, 0.25) is 0 Å². The second kappa shape index (κ2) is 5.51. The fourth-order valence-corrected chi connectivity index (χ4v) is 2.39. The van der Waals surface area contributed by atoms with E-state index in [0.717, 1.165) is 24.3 Å². The van der Waals surface area contributed by atoms with E-state index in [1.807, 2.05) is 6.07 Å². The van der Waals surface area contributed by atoms with Crippen LogP contribution in [0, 0.1) is 11.3 Å². The van der Waals surface area contributed by atoms with E-state index in [9.17, 15) is 9.90 Å². The number of fused-ring (bicyclic) bond motifs is 1. The summed E-state index contributed by atoms with van der Waals surface area (Å²) in [5.74, 6) is 0.500. The summed E-state index contributed by atoms with van der Waals surface area (Å²) in [5, 5.41) is 9.32. The molecule has 4 nitrogen and oxygen atoms in total. The van der Waals surface area contributed by atoms with E-state index in [0.29, 0.717) is 11.4 Å². The molecule has 114 valence electrons. The van der Waals surface area contributed by atoms with Gasteiger partial charge in [0, 0.05) is 13.0 Å². The van der Waals surface area contributed by atoms with Crippen molar-refractivity contribution in [2.75, 3.05) is 0 Å². The van der Waals surface area contributed by atoms with E-state index in [4.69, 9.17) is 0 Å². The molecule has 0 saturated heterocycles. The summed E-state index contributed by atoms with van der Waals surface area (Å²) in [7, 11) is 0.